The molecule has 3 fully saturated rings. The van der Waals surface area contributed by atoms with Gasteiger partial charge in [-0.1, -0.05) is 26.0 Å². The van der Waals surface area contributed by atoms with E-state index in [1.807, 2.05) is 23.6 Å². The maximum absolute atomic E-state index is 15.6. The van der Waals surface area contributed by atoms with Gasteiger partial charge in [-0.3, -0.25) is 14.9 Å². The topological polar surface area (TPSA) is 254 Å². The Bertz CT molecular complexity index is 2060. The van der Waals surface area contributed by atoms with E-state index in [9.17, 15) is 44.8 Å². The molecule has 0 spiro atoms. The van der Waals surface area contributed by atoms with Gasteiger partial charge in [-0.2, -0.15) is 0 Å². The van der Waals surface area contributed by atoms with Crippen molar-refractivity contribution in [3.8, 4) is 0 Å². The molecule has 0 radical (unpaired) electrons. The van der Waals surface area contributed by atoms with Crippen LogP contribution < -0.4 is 0 Å². The average Bonchev–Trinajstić information content (AvgIpc) is 3.80. The molecule has 1 aromatic carbocycles. The van der Waals surface area contributed by atoms with Gasteiger partial charge in [-0.15, -0.1) is 5.10 Å². The normalized spacial score (nSPS) is 40.0. The lowest BCUT2D eigenvalue weighted by Gasteiger charge is -2.49. The smallest absolute Gasteiger partial charge is 0.311 e. The number of nitrogens with zero attached hydrogens (tertiary/aromatic N) is 6. The number of carbonyl (C=O) groups excluding carboxylic acids is 1. The number of likely N-dealkylation sites (N-methyl/N-ethyl adjacent to an activating group) is 2. The molecule has 3 aliphatic rings. The lowest BCUT2D eigenvalue weighted by Crippen LogP contribution is -2.61. The Morgan fingerprint density at radius 1 is 1.01 bits per heavy atom. The number of hydrogen-bond donors (Lipinski definition) is 5. The van der Waals surface area contributed by atoms with Gasteiger partial charge in [0.1, 0.15) is 42.7 Å². The number of ether oxygens (including phenoxy) is 6. The van der Waals surface area contributed by atoms with E-state index >= 15 is 4.39 Å². The van der Waals surface area contributed by atoms with Crippen LogP contribution in [0.2, 0.25) is 0 Å². The Kier molecular flexibility index (Phi) is 20.3. The molecule has 410 valence electrons. The van der Waals surface area contributed by atoms with Gasteiger partial charge in [0.05, 0.1) is 52.2 Å². The van der Waals surface area contributed by atoms with Crippen molar-refractivity contribution in [2.75, 3.05) is 41.0 Å². The molecule has 2 aromatic rings. The third-order valence-corrected chi connectivity index (χ3v) is 15.6. The predicted octanol–water partition coefficient (Wildman–Crippen LogP) is 4.23. The Morgan fingerprint density at radius 2 is 1.67 bits per heavy atom. The van der Waals surface area contributed by atoms with Gasteiger partial charge in [0, 0.05) is 69.4 Å². The van der Waals surface area contributed by atoms with Crippen LogP contribution in [0.1, 0.15) is 118 Å². The van der Waals surface area contributed by atoms with Crippen LogP contribution in [0.5, 0.6) is 0 Å². The number of halogens is 2. The van der Waals surface area contributed by atoms with E-state index in [1.54, 1.807) is 62.6 Å². The van der Waals surface area contributed by atoms with Crippen molar-refractivity contribution in [3.63, 3.8) is 0 Å². The first-order valence-corrected chi connectivity index (χ1v) is 25.2. The highest BCUT2D eigenvalue weighted by Gasteiger charge is 2.53. The van der Waals surface area contributed by atoms with Crippen LogP contribution in [0.4, 0.5) is 14.5 Å². The fourth-order valence-electron chi connectivity index (χ4n) is 11.0. The molecule has 22 heteroatoms. The molecule has 3 aliphatic heterocycles. The second-order valence-corrected chi connectivity index (χ2v) is 21.6. The van der Waals surface area contributed by atoms with Gasteiger partial charge in [0.2, 0.25) is 0 Å². The number of hydrogen-bond acceptors (Lipinski definition) is 18. The maximum Gasteiger partial charge on any atom is 0.311 e. The predicted molar refractivity (Wildman–Crippen MR) is 259 cm³/mol. The highest BCUT2D eigenvalue weighted by atomic mass is 19.1. The van der Waals surface area contributed by atoms with Crippen LogP contribution in [0.15, 0.2) is 30.5 Å². The number of aromatic nitrogens is 3. The van der Waals surface area contributed by atoms with Gasteiger partial charge in [0.15, 0.2) is 18.8 Å². The van der Waals surface area contributed by atoms with Crippen molar-refractivity contribution in [2.24, 2.45) is 17.8 Å². The first-order valence-electron chi connectivity index (χ1n) is 25.2. The van der Waals surface area contributed by atoms with Crippen LogP contribution in [-0.2, 0) is 39.6 Å². The van der Waals surface area contributed by atoms with E-state index in [0.717, 1.165) is 16.8 Å². The van der Waals surface area contributed by atoms with Crippen molar-refractivity contribution < 1.29 is 72.5 Å². The summed E-state index contributed by atoms with van der Waals surface area (Å²) in [6, 6.07) is 2.22. The summed E-state index contributed by atoms with van der Waals surface area (Å²) < 4.78 is 69.1. The fourth-order valence-corrected chi connectivity index (χ4v) is 11.0. The number of rotatable bonds is 15. The maximum atomic E-state index is 15.6. The van der Waals surface area contributed by atoms with E-state index in [0.29, 0.717) is 25.2 Å². The lowest BCUT2D eigenvalue weighted by atomic mass is 9.77. The summed E-state index contributed by atoms with van der Waals surface area (Å²) in [5, 5.41) is 78.8. The second kappa shape index (κ2) is 24.5. The van der Waals surface area contributed by atoms with E-state index in [1.165, 1.54) is 32.4 Å². The van der Waals surface area contributed by atoms with Crippen LogP contribution in [-0.4, -0.2) is 192 Å². The molecule has 0 bridgehead atoms. The van der Waals surface area contributed by atoms with Crippen LogP contribution in [0.25, 0.3) is 0 Å². The molecule has 5 N–H and O–H groups in total. The Hall–Kier alpha value is -3.39. The largest absolute Gasteiger partial charge is 0.459 e. The van der Waals surface area contributed by atoms with Gasteiger partial charge in [-0.25, -0.2) is 13.5 Å². The minimum atomic E-state index is -1.87. The van der Waals surface area contributed by atoms with Crippen LogP contribution >= 0.6 is 0 Å². The molecule has 72 heavy (non-hydrogen) atoms. The third-order valence-electron chi connectivity index (χ3n) is 15.6. The summed E-state index contributed by atoms with van der Waals surface area (Å²) in [6.45, 7) is 16.7. The highest BCUT2D eigenvalue weighted by Crippen LogP contribution is 2.41. The first kappa shape index (κ1) is 59.5. The summed E-state index contributed by atoms with van der Waals surface area (Å²) in [4.78, 5) is 28.7. The summed E-state index contributed by atoms with van der Waals surface area (Å²) >= 11 is 0. The quantitative estimate of drug-likeness (QED) is 0.0950. The van der Waals surface area contributed by atoms with Gasteiger partial charge in [0.25, 0.3) is 5.69 Å². The van der Waals surface area contributed by atoms with Gasteiger partial charge < -0.3 is 63.8 Å². The van der Waals surface area contributed by atoms with Crippen LogP contribution in [0.3, 0.4) is 0 Å². The number of nitro groups is 1. The van der Waals surface area contributed by atoms with E-state index < -0.39 is 132 Å². The van der Waals surface area contributed by atoms with Gasteiger partial charge in [-0.05, 0) is 105 Å². The monoisotopic (exact) mass is 1030 g/mol. The van der Waals surface area contributed by atoms with Crippen molar-refractivity contribution in [1.82, 2.24) is 24.8 Å². The fraction of sp³-hybridized carbons (Fsp3) is 0.820. The number of esters is 1. The summed E-state index contributed by atoms with van der Waals surface area (Å²) in [7, 11) is 5.08. The van der Waals surface area contributed by atoms with E-state index in [4.69, 9.17) is 28.4 Å². The zero-order valence-electron chi connectivity index (χ0n) is 44.2. The Balaban J connectivity index is 1.44. The number of methoxy groups -OCH3 is 1. The Morgan fingerprint density at radius 3 is 2.26 bits per heavy atom. The third kappa shape index (κ3) is 13.5. The zero-order chi connectivity index (χ0) is 53.8. The van der Waals surface area contributed by atoms with Crippen molar-refractivity contribution in [3.05, 3.63) is 51.8 Å². The molecule has 1 aromatic heterocycles. The molecule has 5 rings (SSSR count). The molecule has 0 saturated carbocycles. The van der Waals surface area contributed by atoms with Gasteiger partial charge >= 0.3 is 5.97 Å². The number of carbonyl (C=O) groups is 1. The van der Waals surface area contributed by atoms with Crippen molar-refractivity contribution in [2.45, 2.75) is 204 Å². The lowest BCUT2D eigenvalue weighted by molar-refractivity contribution is -0.384. The van der Waals surface area contributed by atoms with Crippen molar-refractivity contribution in [1.29, 1.82) is 0 Å². The standard InChI is InChI=1S/C50H82F2N6O14/c1-14-38-50(10,64)43(60)31(6)56(12)25-27(2)22-48(8,63)45(29(4)42(30(5)46(62)70-38)71-39-23-49(9,67-13)44(61)32(7)69-39)72-47-41(59)36(21-28(3)68-47)55(11)20-19-34-26-57(54-53-34)37(24-51)40(52)33-15-17-35(18-16-33)58(65)66/h15-18,26-32,36-45,47,59-61,63-64H,14,19-25H2,1-13H3/t27-,28-,29+,30-,31-,32+,36+,37?,38-,39+,40?,41-,42+,43-,44+,45-,47+,48-,49-,50-/m1/s1. The average molecular weight is 1030 g/mol. The highest BCUT2D eigenvalue weighted by molar-refractivity contribution is 5.73. The molecule has 20 nitrogen and oxygen atoms in total. The molecule has 0 aliphatic carbocycles. The first-order chi connectivity index (χ1) is 33.6. The number of alkyl halides is 2. The number of benzene rings is 1. The van der Waals surface area contributed by atoms with Crippen LogP contribution in [0, 0.1) is 27.9 Å². The molecular formula is C50H82F2N6O14. The molecule has 2 unspecified atom stereocenters. The summed E-state index contributed by atoms with van der Waals surface area (Å²) in [6.07, 6.45) is -10.1. The minimum absolute atomic E-state index is 0.0501. The number of aliphatic hydroxyl groups excluding tert-OH is 3. The minimum Gasteiger partial charge on any atom is -0.459 e. The number of nitro benzene ring substituents is 1. The van der Waals surface area contributed by atoms with E-state index in [2.05, 4.69) is 10.3 Å². The second-order valence-electron chi connectivity index (χ2n) is 21.6. The number of aliphatic hydroxyl groups is 5. The summed E-state index contributed by atoms with van der Waals surface area (Å²) in [5.41, 5.74) is -4.43. The molecule has 4 heterocycles. The van der Waals surface area contributed by atoms with Crippen molar-refractivity contribution >= 4 is 11.7 Å². The molecule has 0 amide bonds. The molecule has 3 saturated heterocycles. The zero-order valence-corrected chi connectivity index (χ0v) is 44.2. The number of cyclic esters (lactones) is 1. The molecule has 20 atom stereocenters. The Labute approximate surface area is 422 Å². The number of non-ortho nitro benzene ring substituents is 1. The summed E-state index contributed by atoms with van der Waals surface area (Å²) in [5.74, 6) is -3.00. The molecular weight excluding hydrogens is 947 g/mol. The van der Waals surface area contributed by atoms with E-state index in [-0.39, 0.29) is 42.9 Å². The SMILES string of the molecule is CC[C@H]1OC(=O)[C@H](C)[C@@H](O[C@H]2C[C@@](C)(OC)[C@@H](O)[C@H](C)O2)[C@H](C)[C@@H](O[C@@H]2O[C@H](C)C[C@H](N(C)CCc3cn(C(CF)C(F)c4ccc([N+](=O)[O-])cc4)nn3)[C@H]2O)[C@](C)(O)C[C@@H](C)CN(C)[C@H](C)[C@@H](O)[C@]1(C)O.